The smallest absolute Gasteiger partial charge is 0.0646 e. The summed E-state index contributed by atoms with van der Waals surface area (Å²) in [4.78, 5) is 3.73. The van der Waals surface area contributed by atoms with Crippen LogP contribution in [0.15, 0.2) is 97.1 Å². The van der Waals surface area contributed by atoms with Crippen molar-refractivity contribution in [1.29, 1.82) is 0 Å². The lowest BCUT2D eigenvalue weighted by atomic mass is 10.0. The van der Waals surface area contributed by atoms with Gasteiger partial charge < -0.3 is 4.98 Å². The number of H-pyrrole nitrogens is 1. The molecule has 33 heavy (non-hydrogen) atoms. The summed E-state index contributed by atoms with van der Waals surface area (Å²) in [5, 5.41) is 7.97. The van der Waals surface area contributed by atoms with Crippen LogP contribution in [0.4, 0.5) is 0 Å². The maximum atomic E-state index is 3.73. The number of fused-ring (bicyclic) bond motifs is 10. The van der Waals surface area contributed by atoms with E-state index in [9.17, 15) is 0 Å². The first kappa shape index (κ1) is 17.8. The average molecular weight is 456 g/mol. The van der Waals surface area contributed by atoms with Crippen molar-refractivity contribution in [2.24, 2.45) is 0 Å². The molecule has 0 aliphatic carbocycles. The summed E-state index contributed by atoms with van der Waals surface area (Å²) in [5.41, 5.74) is 5.04. The standard InChI is InChI=1S/C30H17NS2/c1-3-10-26-19(6-1)22-9-5-8-18(29(22)32-26)17-12-15-25-24(16-17)21-13-14-23-20-7-2-4-11-27(20)33-30(23)28(21)31-25/h1-16,31H. The second-order valence-electron chi connectivity index (χ2n) is 8.63. The van der Waals surface area contributed by atoms with Crippen LogP contribution < -0.4 is 0 Å². The molecule has 0 amide bonds. The molecule has 1 nitrogen and oxygen atoms in total. The van der Waals surface area contributed by atoms with E-state index in [4.69, 9.17) is 0 Å². The summed E-state index contributed by atoms with van der Waals surface area (Å²) in [7, 11) is 0. The Bertz CT molecular complexity index is 2030. The zero-order chi connectivity index (χ0) is 21.5. The molecule has 0 atom stereocenters. The summed E-state index contributed by atoms with van der Waals surface area (Å²) in [6.45, 7) is 0. The SMILES string of the molecule is c1ccc2c(c1)sc1c(-c3ccc4[nH]c5c(ccc6c7ccccc7sc65)c4c3)cccc12. The topological polar surface area (TPSA) is 15.8 Å². The molecule has 5 aromatic carbocycles. The van der Waals surface area contributed by atoms with Crippen LogP contribution in [-0.2, 0) is 0 Å². The Morgan fingerprint density at radius 2 is 1.15 bits per heavy atom. The Morgan fingerprint density at radius 1 is 0.485 bits per heavy atom. The fraction of sp³-hybridized carbons (Fsp3) is 0. The number of rotatable bonds is 1. The van der Waals surface area contributed by atoms with E-state index in [0.717, 1.165) is 0 Å². The first-order valence-corrected chi connectivity index (χ1v) is 12.7. The van der Waals surface area contributed by atoms with Gasteiger partial charge in [-0.15, -0.1) is 22.7 Å². The van der Waals surface area contributed by atoms with E-state index >= 15 is 0 Å². The summed E-state index contributed by atoms with van der Waals surface area (Å²) in [6, 6.07) is 35.6. The van der Waals surface area contributed by atoms with E-state index in [1.807, 2.05) is 22.7 Å². The van der Waals surface area contributed by atoms with Crippen molar-refractivity contribution in [2.45, 2.75) is 0 Å². The van der Waals surface area contributed by atoms with Gasteiger partial charge in [0.2, 0.25) is 0 Å². The van der Waals surface area contributed by atoms with E-state index in [2.05, 4.69) is 102 Å². The first-order chi connectivity index (χ1) is 16.3. The highest BCUT2D eigenvalue weighted by Crippen LogP contribution is 2.43. The molecule has 0 fully saturated rings. The third kappa shape index (κ3) is 2.41. The number of aromatic amines is 1. The molecule has 0 spiro atoms. The molecule has 0 saturated heterocycles. The number of nitrogens with one attached hydrogen (secondary N) is 1. The number of hydrogen-bond donors (Lipinski definition) is 1. The first-order valence-electron chi connectivity index (χ1n) is 11.1. The monoisotopic (exact) mass is 455 g/mol. The normalized spacial score (nSPS) is 12.2. The third-order valence-corrected chi connectivity index (χ3v) is 9.26. The zero-order valence-corrected chi connectivity index (χ0v) is 19.2. The Balaban J connectivity index is 1.42. The third-order valence-electron chi connectivity index (χ3n) is 6.83. The fourth-order valence-electron chi connectivity index (χ4n) is 5.29. The molecule has 3 heterocycles. The molecule has 154 valence electrons. The van der Waals surface area contributed by atoms with Crippen LogP contribution in [0.1, 0.15) is 0 Å². The van der Waals surface area contributed by atoms with Gasteiger partial charge in [-0.25, -0.2) is 0 Å². The maximum absolute atomic E-state index is 3.73. The quantitative estimate of drug-likeness (QED) is 0.253. The van der Waals surface area contributed by atoms with Gasteiger partial charge in [-0.1, -0.05) is 72.8 Å². The molecule has 0 saturated carbocycles. The van der Waals surface area contributed by atoms with Crippen LogP contribution in [0.3, 0.4) is 0 Å². The second-order valence-corrected chi connectivity index (χ2v) is 10.7. The van der Waals surface area contributed by atoms with E-state index < -0.39 is 0 Å². The maximum Gasteiger partial charge on any atom is 0.0646 e. The largest absolute Gasteiger partial charge is 0.353 e. The van der Waals surface area contributed by atoms with Crippen molar-refractivity contribution in [2.75, 3.05) is 0 Å². The molecular formula is C30H17NS2. The van der Waals surface area contributed by atoms with Gasteiger partial charge in [0.15, 0.2) is 0 Å². The molecule has 3 heteroatoms. The van der Waals surface area contributed by atoms with Gasteiger partial charge in [0.25, 0.3) is 0 Å². The van der Waals surface area contributed by atoms with Gasteiger partial charge >= 0.3 is 0 Å². The molecule has 0 radical (unpaired) electrons. The summed E-state index contributed by atoms with van der Waals surface area (Å²) in [6.07, 6.45) is 0. The van der Waals surface area contributed by atoms with Gasteiger partial charge in [-0.3, -0.25) is 0 Å². The minimum Gasteiger partial charge on any atom is -0.353 e. The lowest BCUT2D eigenvalue weighted by molar-refractivity contribution is 1.57. The van der Waals surface area contributed by atoms with Crippen molar-refractivity contribution in [3.63, 3.8) is 0 Å². The van der Waals surface area contributed by atoms with Gasteiger partial charge in [0, 0.05) is 51.9 Å². The molecule has 0 unspecified atom stereocenters. The molecule has 3 aromatic heterocycles. The van der Waals surface area contributed by atoms with Crippen LogP contribution in [0, 0.1) is 0 Å². The Hall–Kier alpha value is -3.66. The summed E-state index contributed by atoms with van der Waals surface area (Å²) >= 11 is 3.77. The summed E-state index contributed by atoms with van der Waals surface area (Å²) < 4.78 is 5.40. The van der Waals surface area contributed by atoms with E-state index in [1.54, 1.807) is 0 Å². The van der Waals surface area contributed by atoms with E-state index in [-0.39, 0.29) is 0 Å². The van der Waals surface area contributed by atoms with Crippen molar-refractivity contribution in [3.05, 3.63) is 97.1 Å². The van der Waals surface area contributed by atoms with Gasteiger partial charge in [-0.2, -0.15) is 0 Å². The van der Waals surface area contributed by atoms with Crippen molar-refractivity contribution in [3.8, 4) is 11.1 Å². The number of hydrogen-bond acceptors (Lipinski definition) is 2. The number of thiophene rings is 2. The highest BCUT2D eigenvalue weighted by atomic mass is 32.1. The van der Waals surface area contributed by atoms with Crippen LogP contribution in [0.25, 0.3) is 73.3 Å². The summed E-state index contributed by atoms with van der Waals surface area (Å²) in [5.74, 6) is 0. The number of aromatic nitrogens is 1. The predicted molar refractivity (Wildman–Crippen MR) is 147 cm³/mol. The van der Waals surface area contributed by atoms with Crippen LogP contribution in [0.2, 0.25) is 0 Å². The highest BCUT2D eigenvalue weighted by Gasteiger charge is 2.14. The molecule has 1 N–H and O–H groups in total. The van der Waals surface area contributed by atoms with Gasteiger partial charge in [0.1, 0.15) is 0 Å². The Labute approximate surface area is 197 Å². The zero-order valence-electron chi connectivity index (χ0n) is 17.6. The van der Waals surface area contributed by atoms with Crippen molar-refractivity contribution >= 4 is 84.8 Å². The molecule has 0 aliphatic heterocycles. The van der Waals surface area contributed by atoms with Crippen molar-refractivity contribution in [1.82, 2.24) is 4.98 Å². The Morgan fingerprint density at radius 3 is 1.97 bits per heavy atom. The molecular weight excluding hydrogens is 438 g/mol. The van der Waals surface area contributed by atoms with E-state index in [1.165, 1.54) is 73.3 Å². The van der Waals surface area contributed by atoms with Crippen LogP contribution >= 0.6 is 22.7 Å². The highest BCUT2D eigenvalue weighted by molar-refractivity contribution is 7.27. The van der Waals surface area contributed by atoms with Gasteiger partial charge in [-0.05, 0) is 35.4 Å². The Kier molecular flexibility index (Phi) is 3.48. The van der Waals surface area contributed by atoms with Crippen LogP contribution in [0.5, 0.6) is 0 Å². The lowest BCUT2D eigenvalue weighted by Gasteiger charge is -2.04. The van der Waals surface area contributed by atoms with E-state index in [0.29, 0.717) is 0 Å². The van der Waals surface area contributed by atoms with Crippen LogP contribution in [-0.4, -0.2) is 4.98 Å². The number of benzene rings is 5. The fourth-order valence-corrected chi connectivity index (χ4v) is 7.73. The second kappa shape index (κ2) is 6.44. The molecule has 8 aromatic rings. The molecule has 8 rings (SSSR count). The minimum atomic E-state index is 1.20. The predicted octanol–water partition coefficient (Wildman–Crippen LogP) is 9.72. The molecule has 0 bridgehead atoms. The lowest BCUT2D eigenvalue weighted by Crippen LogP contribution is -1.78. The average Bonchev–Trinajstić information content (AvgIpc) is 3.54. The van der Waals surface area contributed by atoms with Crippen molar-refractivity contribution < 1.29 is 0 Å². The van der Waals surface area contributed by atoms with Gasteiger partial charge in [0.05, 0.1) is 10.2 Å². The molecule has 0 aliphatic rings. The minimum absolute atomic E-state index is 1.20.